The van der Waals surface area contributed by atoms with Gasteiger partial charge in [-0.25, -0.2) is 4.98 Å². The molecule has 0 bridgehead atoms. The molecule has 88 valence electrons. The maximum atomic E-state index is 4.38. The van der Waals surface area contributed by atoms with E-state index >= 15 is 0 Å². The van der Waals surface area contributed by atoms with E-state index in [2.05, 4.69) is 33.6 Å². The van der Waals surface area contributed by atoms with E-state index in [0.717, 1.165) is 15.9 Å². The van der Waals surface area contributed by atoms with E-state index in [0.29, 0.717) is 5.25 Å². The molecule has 0 spiro atoms. The molecule has 0 N–H and O–H groups in total. The Morgan fingerprint density at radius 2 is 2.29 bits per heavy atom. The molecule has 5 heteroatoms. The van der Waals surface area contributed by atoms with Crippen LogP contribution in [0.25, 0.3) is 0 Å². The summed E-state index contributed by atoms with van der Waals surface area (Å²) in [6.07, 6.45) is 1.19. The Hall–Kier alpha value is -0.520. The van der Waals surface area contributed by atoms with Gasteiger partial charge >= 0.3 is 0 Å². The van der Waals surface area contributed by atoms with Crippen molar-refractivity contribution in [3.05, 3.63) is 35.7 Å². The highest BCUT2D eigenvalue weighted by Crippen LogP contribution is 2.39. The summed E-state index contributed by atoms with van der Waals surface area (Å²) < 4.78 is 5.30. The molecule has 0 fully saturated rings. The van der Waals surface area contributed by atoms with E-state index in [9.17, 15) is 0 Å². The average Bonchev–Trinajstić information content (AvgIpc) is 2.91. The molecular formula is C12H12N2S3. The summed E-state index contributed by atoms with van der Waals surface area (Å²) in [5.41, 5.74) is 1.50. The van der Waals surface area contributed by atoms with Gasteiger partial charge in [-0.1, -0.05) is 30.0 Å². The van der Waals surface area contributed by atoms with E-state index in [1.807, 2.05) is 30.4 Å². The van der Waals surface area contributed by atoms with Crippen LogP contribution in [-0.4, -0.2) is 20.4 Å². The van der Waals surface area contributed by atoms with Crippen molar-refractivity contribution in [2.24, 2.45) is 0 Å². The van der Waals surface area contributed by atoms with Crippen LogP contribution in [0.2, 0.25) is 0 Å². The van der Waals surface area contributed by atoms with Crippen LogP contribution in [0, 0.1) is 6.92 Å². The molecule has 0 saturated heterocycles. The zero-order chi connectivity index (χ0) is 11.7. The largest absolute Gasteiger partial charge is 0.213 e. The quantitative estimate of drug-likeness (QED) is 0.801. The van der Waals surface area contributed by atoms with Gasteiger partial charge in [0.1, 0.15) is 5.82 Å². The summed E-state index contributed by atoms with van der Waals surface area (Å²) in [6.45, 7) is 1.95. The molecule has 1 aromatic heterocycles. The number of aromatic nitrogens is 2. The third-order valence-electron chi connectivity index (χ3n) is 2.62. The van der Waals surface area contributed by atoms with E-state index in [1.54, 1.807) is 0 Å². The molecule has 17 heavy (non-hydrogen) atoms. The second-order valence-corrected chi connectivity index (χ2v) is 7.33. The molecule has 0 radical (unpaired) electrons. The Kier molecular flexibility index (Phi) is 3.40. The minimum atomic E-state index is 0.682. The highest BCUT2D eigenvalue weighted by molar-refractivity contribution is 8.04. The van der Waals surface area contributed by atoms with E-state index < -0.39 is 0 Å². The molecule has 2 aromatic rings. The van der Waals surface area contributed by atoms with Gasteiger partial charge in [0.25, 0.3) is 0 Å². The lowest BCUT2D eigenvalue weighted by molar-refractivity contribution is 0.968. The third-order valence-corrected chi connectivity index (χ3v) is 6.23. The molecule has 0 saturated carbocycles. The van der Waals surface area contributed by atoms with Gasteiger partial charge in [-0.05, 0) is 36.5 Å². The van der Waals surface area contributed by atoms with Gasteiger partial charge < -0.3 is 0 Å². The number of hydrogen-bond donors (Lipinski definition) is 0. The Balaban J connectivity index is 1.59. The van der Waals surface area contributed by atoms with Crippen LogP contribution >= 0.6 is 35.1 Å². The monoisotopic (exact) mass is 280 g/mol. The molecule has 0 aliphatic carbocycles. The number of hydrogen-bond acceptors (Lipinski definition) is 5. The molecule has 1 unspecified atom stereocenters. The summed E-state index contributed by atoms with van der Waals surface area (Å²) >= 11 is 5.34. The van der Waals surface area contributed by atoms with Gasteiger partial charge in [-0.2, -0.15) is 4.37 Å². The first-order valence-corrected chi connectivity index (χ1v) is 8.13. The SMILES string of the molecule is Cc1nsc(SCC2Cc3ccccc3S2)n1. The van der Waals surface area contributed by atoms with E-state index in [4.69, 9.17) is 0 Å². The number of rotatable bonds is 3. The summed E-state index contributed by atoms with van der Waals surface area (Å²) in [7, 11) is 0. The van der Waals surface area contributed by atoms with Crippen LogP contribution in [0.15, 0.2) is 33.5 Å². The van der Waals surface area contributed by atoms with Crippen molar-refractivity contribution in [1.29, 1.82) is 0 Å². The number of benzene rings is 1. The van der Waals surface area contributed by atoms with Crippen LogP contribution < -0.4 is 0 Å². The molecular weight excluding hydrogens is 268 g/mol. The normalized spacial score (nSPS) is 18.3. The minimum Gasteiger partial charge on any atom is -0.213 e. The van der Waals surface area contributed by atoms with Crippen LogP contribution in [0.5, 0.6) is 0 Å². The number of nitrogens with zero attached hydrogens (tertiary/aromatic N) is 2. The van der Waals surface area contributed by atoms with Gasteiger partial charge in [0.2, 0.25) is 0 Å². The Bertz CT molecular complexity index is 499. The summed E-state index contributed by atoms with van der Waals surface area (Å²) in [6, 6.07) is 8.71. The minimum absolute atomic E-state index is 0.682. The molecule has 1 aromatic carbocycles. The second kappa shape index (κ2) is 5.00. The first-order valence-electron chi connectivity index (χ1n) is 5.49. The highest BCUT2D eigenvalue weighted by atomic mass is 32.2. The maximum Gasteiger partial charge on any atom is 0.170 e. The second-order valence-electron chi connectivity index (χ2n) is 3.97. The predicted octanol–water partition coefficient (Wildman–Crippen LogP) is 3.66. The fourth-order valence-electron chi connectivity index (χ4n) is 1.85. The zero-order valence-electron chi connectivity index (χ0n) is 9.42. The van der Waals surface area contributed by atoms with Crippen molar-refractivity contribution in [2.45, 2.75) is 27.8 Å². The first kappa shape index (κ1) is 11.6. The third kappa shape index (κ3) is 2.67. The van der Waals surface area contributed by atoms with Crippen molar-refractivity contribution in [3.8, 4) is 0 Å². The Morgan fingerprint density at radius 1 is 1.41 bits per heavy atom. The summed E-state index contributed by atoms with van der Waals surface area (Å²) in [4.78, 5) is 5.83. The first-order chi connectivity index (χ1) is 8.31. The highest BCUT2D eigenvalue weighted by Gasteiger charge is 2.22. The lowest BCUT2D eigenvalue weighted by atomic mass is 10.1. The van der Waals surface area contributed by atoms with Gasteiger partial charge in [-0.3, -0.25) is 0 Å². The van der Waals surface area contributed by atoms with Crippen LogP contribution in [0.1, 0.15) is 11.4 Å². The van der Waals surface area contributed by atoms with Crippen molar-refractivity contribution >= 4 is 35.1 Å². The fraction of sp³-hybridized carbons (Fsp3) is 0.333. The van der Waals surface area contributed by atoms with Crippen molar-refractivity contribution in [1.82, 2.24) is 9.36 Å². The van der Waals surface area contributed by atoms with Gasteiger partial charge in [0.15, 0.2) is 4.34 Å². The lowest BCUT2D eigenvalue weighted by Crippen LogP contribution is -2.03. The van der Waals surface area contributed by atoms with Crippen LogP contribution in [0.4, 0.5) is 0 Å². The van der Waals surface area contributed by atoms with Crippen LogP contribution in [0.3, 0.4) is 0 Å². The standard InChI is InChI=1S/C12H12N2S3/c1-8-13-12(17-14-8)15-7-10-6-9-4-2-3-5-11(9)16-10/h2-5,10H,6-7H2,1H3. The molecule has 0 amide bonds. The average molecular weight is 280 g/mol. The maximum absolute atomic E-state index is 4.38. The van der Waals surface area contributed by atoms with Gasteiger partial charge in [0, 0.05) is 15.9 Å². The van der Waals surface area contributed by atoms with Crippen molar-refractivity contribution < 1.29 is 0 Å². The Morgan fingerprint density at radius 3 is 3.06 bits per heavy atom. The number of fused-ring (bicyclic) bond motifs is 1. The molecule has 1 aliphatic heterocycles. The predicted molar refractivity (Wildman–Crippen MR) is 75.2 cm³/mol. The summed E-state index contributed by atoms with van der Waals surface area (Å²) in [5, 5.41) is 0.682. The zero-order valence-corrected chi connectivity index (χ0v) is 11.9. The molecule has 3 rings (SSSR count). The van der Waals surface area contributed by atoms with Gasteiger partial charge in [-0.15, -0.1) is 11.8 Å². The Labute approximate surface area is 113 Å². The van der Waals surface area contributed by atoms with Crippen LogP contribution in [-0.2, 0) is 6.42 Å². The van der Waals surface area contributed by atoms with Crippen molar-refractivity contribution in [3.63, 3.8) is 0 Å². The summed E-state index contributed by atoms with van der Waals surface area (Å²) in [5.74, 6) is 2.01. The molecule has 2 nitrogen and oxygen atoms in total. The number of aryl methyl sites for hydroxylation is 1. The topological polar surface area (TPSA) is 25.8 Å². The van der Waals surface area contributed by atoms with E-state index in [-0.39, 0.29) is 0 Å². The number of thioether (sulfide) groups is 2. The molecule has 2 heterocycles. The smallest absolute Gasteiger partial charge is 0.170 e. The van der Waals surface area contributed by atoms with E-state index in [1.165, 1.54) is 28.4 Å². The van der Waals surface area contributed by atoms with Gasteiger partial charge in [0.05, 0.1) is 0 Å². The van der Waals surface area contributed by atoms with Crippen molar-refractivity contribution in [2.75, 3.05) is 5.75 Å². The fourth-order valence-corrected chi connectivity index (χ4v) is 5.00. The molecule has 1 atom stereocenters. The lowest BCUT2D eigenvalue weighted by Gasteiger charge is -2.04. The molecule has 1 aliphatic rings.